The molecule has 0 radical (unpaired) electrons. The fraction of sp³-hybridized carbons (Fsp3) is 0.150. The van der Waals surface area contributed by atoms with Crippen molar-refractivity contribution < 1.29 is 31.1 Å². The molecule has 170 valence electrons. The molecule has 4 rings (SSSR count). The van der Waals surface area contributed by atoms with Crippen LogP contribution in [-0.4, -0.2) is 31.5 Å². The fourth-order valence-electron chi connectivity index (χ4n) is 2.86. The molecule has 33 heavy (non-hydrogen) atoms. The second-order valence-electron chi connectivity index (χ2n) is 6.58. The lowest BCUT2D eigenvalue weighted by atomic mass is 10.1. The van der Waals surface area contributed by atoms with Crippen molar-refractivity contribution >= 4 is 17.0 Å². The number of nitrogens with one attached hydrogen (secondary N) is 1. The van der Waals surface area contributed by atoms with Gasteiger partial charge in [-0.05, 0) is 24.1 Å². The molecule has 0 aliphatic heterocycles. The number of rotatable bonds is 6. The highest BCUT2D eigenvalue weighted by atomic mass is 19.4. The van der Waals surface area contributed by atoms with Crippen molar-refractivity contribution in [3.05, 3.63) is 71.8 Å². The maximum Gasteiger partial charge on any atom is 0.436 e. The van der Waals surface area contributed by atoms with Crippen molar-refractivity contribution in [1.82, 2.24) is 24.9 Å². The van der Waals surface area contributed by atoms with E-state index in [1.54, 1.807) is 0 Å². The Hall–Kier alpha value is -4.03. The molecule has 0 saturated heterocycles. The number of fused-ring (bicyclic) bond motifs is 1. The van der Waals surface area contributed by atoms with Gasteiger partial charge in [-0.25, -0.2) is 29.3 Å². The van der Waals surface area contributed by atoms with Gasteiger partial charge in [-0.3, -0.25) is 0 Å². The molecule has 13 heteroatoms. The molecule has 0 unspecified atom stereocenters. The summed E-state index contributed by atoms with van der Waals surface area (Å²) in [6.07, 6.45) is -0.487. The largest absolute Gasteiger partial charge is 0.451 e. The van der Waals surface area contributed by atoms with E-state index in [9.17, 15) is 26.3 Å². The third kappa shape index (κ3) is 4.76. The van der Waals surface area contributed by atoms with E-state index >= 15 is 0 Å². The van der Waals surface area contributed by atoms with Gasteiger partial charge in [0.1, 0.15) is 17.6 Å². The highest BCUT2D eigenvalue weighted by Gasteiger charge is 2.40. The number of aromatic nitrogens is 5. The summed E-state index contributed by atoms with van der Waals surface area (Å²) in [5.74, 6) is -7.47. The van der Waals surface area contributed by atoms with Crippen molar-refractivity contribution in [2.75, 3.05) is 11.9 Å². The van der Waals surface area contributed by atoms with E-state index in [1.807, 2.05) is 0 Å². The number of ether oxygens (including phenoxy) is 1. The van der Waals surface area contributed by atoms with Crippen molar-refractivity contribution in [3.63, 3.8) is 0 Å². The molecule has 0 fully saturated rings. The maximum absolute atomic E-state index is 14.1. The molecular formula is C20H12F6N6O. The number of nitrogens with zero attached hydrogens (tertiary/aromatic N) is 5. The summed E-state index contributed by atoms with van der Waals surface area (Å²) in [7, 11) is 0. The first-order valence-electron chi connectivity index (χ1n) is 9.28. The number of benzene rings is 1. The molecule has 3 aromatic heterocycles. The Morgan fingerprint density at radius 3 is 2.33 bits per heavy atom. The van der Waals surface area contributed by atoms with Gasteiger partial charge >= 0.3 is 6.18 Å². The molecule has 0 spiro atoms. The highest BCUT2D eigenvalue weighted by Crippen LogP contribution is 2.37. The number of pyridine rings is 1. The van der Waals surface area contributed by atoms with Crippen molar-refractivity contribution in [2.24, 2.45) is 0 Å². The van der Waals surface area contributed by atoms with Crippen molar-refractivity contribution in [1.29, 1.82) is 0 Å². The Morgan fingerprint density at radius 2 is 1.61 bits per heavy atom. The predicted octanol–water partition coefficient (Wildman–Crippen LogP) is 4.70. The summed E-state index contributed by atoms with van der Waals surface area (Å²) in [5.41, 5.74) is -0.522. The zero-order valence-corrected chi connectivity index (χ0v) is 16.4. The third-order valence-electron chi connectivity index (χ3n) is 4.39. The highest BCUT2D eigenvalue weighted by molar-refractivity contribution is 5.81. The Kier molecular flexibility index (Phi) is 5.94. The zero-order chi connectivity index (χ0) is 23.6. The lowest BCUT2D eigenvalue weighted by Crippen LogP contribution is -2.15. The van der Waals surface area contributed by atoms with Crippen molar-refractivity contribution in [3.8, 4) is 11.5 Å². The molecule has 1 aromatic carbocycles. The van der Waals surface area contributed by atoms with Gasteiger partial charge in [0.25, 0.3) is 5.95 Å². The summed E-state index contributed by atoms with van der Waals surface area (Å²) in [6, 6.07) is 5.64. The second kappa shape index (κ2) is 8.84. The molecule has 1 N–H and O–H groups in total. The summed E-state index contributed by atoms with van der Waals surface area (Å²) < 4.78 is 84.6. The monoisotopic (exact) mass is 466 g/mol. The van der Waals surface area contributed by atoms with Gasteiger partial charge in [0.2, 0.25) is 11.6 Å². The average molecular weight is 466 g/mol. The minimum absolute atomic E-state index is 0.194. The number of hydrogen-bond acceptors (Lipinski definition) is 7. The van der Waals surface area contributed by atoms with E-state index in [4.69, 9.17) is 4.74 Å². The van der Waals surface area contributed by atoms with Crippen LogP contribution in [0, 0.1) is 17.6 Å². The van der Waals surface area contributed by atoms with Crippen LogP contribution in [0.5, 0.6) is 11.5 Å². The van der Waals surface area contributed by atoms with Crippen LogP contribution in [0.4, 0.5) is 32.2 Å². The lowest BCUT2D eigenvalue weighted by molar-refractivity contribution is -0.144. The van der Waals surface area contributed by atoms with Crippen LogP contribution in [0.3, 0.4) is 0 Å². The maximum atomic E-state index is 14.1. The van der Waals surface area contributed by atoms with E-state index in [1.165, 1.54) is 43.0 Å². The summed E-state index contributed by atoms with van der Waals surface area (Å²) in [4.78, 5) is 18.7. The van der Waals surface area contributed by atoms with Gasteiger partial charge in [0.15, 0.2) is 23.0 Å². The van der Waals surface area contributed by atoms with Crippen LogP contribution in [-0.2, 0) is 12.6 Å². The van der Waals surface area contributed by atoms with Gasteiger partial charge in [-0.1, -0.05) is 12.1 Å². The Labute approximate surface area is 181 Å². The van der Waals surface area contributed by atoms with Crippen LogP contribution in [0.15, 0.2) is 43.0 Å². The molecular weight excluding hydrogens is 454 g/mol. The molecule has 0 amide bonds. The lowest BCUT2D eigenvalue weighted by Gasteiger charge is -2.13. The van der Waals surface area contributed by atoms with Gasteiger partial charge < -0.3 is 10.1 Å². The van der Waals surface area contributed by atoms with Crippen LogP contribution < -0.4 is 10.1 Å². The first-order valence-corrected chi connectivity index (χ1v) is 9.28. The molecule has 0 aliphatic carbocycles. The van der Waals surface area contributed by atoms with E-state index in [-0.39, 0.29) is 5.75 Å². The van der Waals surface area contributed by atoms with E-state index in [0.717, 1.165) is 5.56 Å². The van der Waals surface area contributed by atoms with Crippen molar-refractivity contribution in [2.45, 2.75) is 12.6 Å². The Morgan fingerprint density at radius 1 is 0.879 bits per heavy atom. The summed E-state index contributed by atoms with van der Waals surface area (Å²) in [6.45, 7) is 0.427. The molecule has 3 heterocycles. The van der Waals surface area contributed by atoms with Crippen LogP contribution >= 0.6 is 0 Å². The first kappa shape index (κ1) is 22.2. The summed E-state index contributed by atoms with van der Waals surface area (Å²) >= 11 is 0. The molecule has 0 bridgehead atoms. The molecule has 4 aromatic rings. The van der Waals surface area contributed by atoms with E-state index in [2.05, 4.69) is 30.2 Å². The van der Waals surface area contributed by atoms with Crippen LogP contribution in [0.1, 0.15) is 11.3 Å². The summed E-state index contributed by atoms with van der Waals surface area (Å²) in [5, 5.41) is 3.09. The minimum atomic E-state index is -5.33. The zero-order valence-electron chi connectivity index (χ0n) is 16.4. The van der Waals surface area contributed by atoms with Crippen LogP contribution in [0.2, 0.25) is 0 Å². The number of hydrogen-bond donors (Lipinski definition) is 1. The average Bonchev–Trinajstić information content (AvgIpc) is 2.79. The van der Waals surface area contributed by atoms with E-state index in [0.29, 0.717) is 29.9 Å². The normalized spacial score (nSPS) is 11.6. The van der Waals surface area contributed by atoms with Crippen LogP contribution in [0.25, 0.3) is 11.2 Å². The smallest absolute Gasteiger partial charge is 0.436 e. The Balaban J connectivity index is 1.44. The first-order chi connectivity index (χ1) is 15.7. The fourth-order valence-corrected chi connectivity index (χ4v) is 2.86. The van der Waals surface area contributed by atoms with Gasteiger partial charge in [0.05, 0.1) is 0 Å². The molecule has 0 aliphatic rings. The topological polar surface area (TPSA) is 85.7 Å². The number of alkyl halides is 3. The van der Waals surface area contributed by atoms with Gasteiger partial charge in [0, 0.05) is 18.9 Å². The SMILES string of the molecule is Fc1nc(C(F)(F)F)c(F)c(Oc2ccc(CCNc3ncnc4nccnc34)cc2)c1F. The second-order valence-corrected chi connectivity index (χ2v) is 6.58. The number of halogens is 6. The Bertz CT molecular complexity index is 1290. The molecule has 0 atom stereocenters. The predicted molar refractivity (Wildman–Crippen MR) is 103 cm³/mol. The van der Waals surface area contributed by atoms with Gasteiger partial charge in [-0.2, -0.15) is 22.0 Å². The minimum Gasteiger partial charge on any atom is -0.451 e. The standard InChI is InChI=1S/C20H12F6N6O/c21-12-15(13(22)17(23)32-16(12)20(24,25)26)33-11-3-1-10(2-4-11)5-6-28-18-14-19(31-9-30-18)29-8-7-27-14/h1-4,7-9H,5-6H2,(H,28,29,30,31). The third-order valence-corrected chi connectivity index (χ3v) is 4.39. The number of anilines is 1. The molecule has 7 nitrogen and oxygen atoms in total. The molecule has 0 saturated carbocycles. The van der Waals surface area contributed by atoms with E-state index < -0.39 is 35.2 Å². The van der Waals surface area contributed by atoms with Gasteiger partial charge in [-0.15, -0.1) is 0 Å². The quantitative estimate of drug-likeness (QED) is 0.326.